The number of benzene rings is 2. The van der Waals surface area contributed by atoms with Crippen LogP contribution in [-0.2, 0) is 9.53 Å². The predicted octanol–water partition coefficient (Wildman–Crippen LogP) is 3.38. The van der Waals surface area contributed by atoms with Crippen molar-refractivity contribution in [2.45, 2.75) is 13.0 Å². The summed E-state index contributed by atoms with van der Waals surface area (Å²) in [6.07, 6.45) is 0.559. The van der Waals surface area contributed by atoms with Gasteiger partial charge in [0, 0.05) is 11.6 Å². The van der Waals surface area contributed by atoms with E-state index in [2.05, 4.69) is 4.74 Å². The first-order valence-corrected chi connectivity index (χ1v) is 7.57. The van der Waals surface area contributed by atoms with Crippen molar-refractivity contribution in [1.82, 2.24) is 0 Å². The number of esters is 1. The molecule has 0 amide bonds. The van der Waals surface area contributed by atoms with E-state index in [0.717, 1.165) is 0 Å². The number of ketones is 1. The summed E-state index contributed by atoms with van der Waals surface area (Å²) in [5.74, 6) is -0.626. The van der Waals surface area contributed by atoms with Gasteiger partial charge in [0.2, 0.25) is 5.78 Å². The fourth-order valence-corrected chi connectivity index (χ4v) is 2.39. The SMILES string of the molecule is COC(=O)[C@H](C)Oc1ccc2c(c1)OC(=Cc1ccccc1F)C2=O. The summed E-state index contributed by atoms with van der Waals surface area (Å²) in [6, 6.07) is 10.7. The molecule has 2 aromatic carbocycles. The molecule has 6 heteroatoms. The van der Waals surface area contributed by atoms with Crippen LogP contribution in [0.2, 0.25) is 0 Å². The van der Waals surface area contributed by atoms with Crippen LogP contribution in [0.4, 0.5) is 4.39 Å². The zero-order valence-corrected chi connectivity index (χ0v) is 13.6. The summed E-state index contributed by atoms with van der Waals surface area (Å²) < 4.78 is 29.3. The largest absolute Gasteiger partial charge is 0.479 e. The lowest BCUT2D eigenvalue weighted by atomic mass is 10.1. The van der Waals surface area contributed by atoms with E-state index in [1.807, 2.05) is 0 Å². The van der Waals surface area contributed by atoms with Crippen molar-refractivity contribution in [2.75, 3.05) is 7.11 Å². The maximum Gasteiger partial charge on any atom is 0.346 e. The van der Waals surface area contributed by atoms with Gasteiger partial charge >= 0.3 is 5.97 Å². The molecule has 0 saturated heterocycles. The predicted molar refractivity (Wildman–Crippen MR) is 87.9 cm³/mol. The van der Waals surface area contributed by atoms with Gasteiger partial charge in [-0.1, -0.05) is 18.2 Å². The second kappa shape index (κ2) is 6.76. The van der Waals surface area contributed by atoms with Crippen LogP contribution in [0, 0.1) is 5.82 Å². The van der Waals surface area contributed by atoms with Crippen LogP contribution < -0.4 is 9.47 Å². The molecule has 0 aliphatic carbocycles. The first-order chi connectivity index (χ1) is 12.0. The molecule has 0 unspecified atom stereocenters. The number of hydrogen-bond donors (Lipinski definition) is 0. The van der Waals surface area contributed by atoms with Crippen molar-refractivity contribution >= 4 is 17.8 Å². The molecule has 25 heavy (non-hydrogen) atoms. The molecule has 1 aliphatic heterocycles. The smallest absolute Gasteiger partial charge is 0.346 e. The van der Waals surface area contributed by atoms with Crippen LogP contribution in [0.15, 0.2) is 48.2 Å². The third-order valence-corrected chi connectivity index (χ3v) is 3.68. The quantitative estimate of drug-likeness (QED) is 0.630. The summed E-state index contributed by atoms with van der Waals surface area (Å²) in [5.41, 5.74) is 0.607. The zero-order chi connectivity index (χ0) is 18.0. The first kappa shape index (κ1) is 16.7. The maximum atomic E-state index is 13.7. The van der Waals surface area contributed by atoms with E-state index >= 15 is 0 Å². The zero-order valence-electron chi connectivity index (χ0n) is 13.6. The molecular weight excluding hydrogens is 327 g/mol. The van der Waals surface area contributed by atoms with Crippen molar-refractivity contribution < 1.29 is 28.2 Å². The Bertz CT molecular complexity index is 872. The molecule has 128 valence electrons. The lowest BCUT2D eigenvalue weighted by Gasteiger charge is -2.12. The minimum Gasteiger partial charge on any atom is -0.479 e. The fraction of sp³-hybridized carbons (Fsp3) is 0.158. The van der Waals surface area contributed by atoms with Crippen molar-refractivity contribution in [3.8, 4) is 11.5 Å². The molecule has 0 bridgehead atoms. The molecule has 2 aromatic rings. The summed E-state index contributed by atoms with van der Waals surface area (Å²) >= 11 is 0. The highest BCUT2D eigenvalue weighted by Gasteiger charge is 2.28. The molecular formula is C19H15FO5. The second-order valence-electron chi connectivity index (χ2n) is 5.40. The summed E-state index contributed by atoms with van der Waals surface area (Å²) in [5, 5.41) is 0. The molecule has 0 aromatic heterocycles. The molecule has 1 atom stereocenters. The van der Waals surface area contributed by atoms with Gasteiger partial charge in [0.05, 0.1) is 12.7 Å². The van der Waals surface area contributed by atoms with Gasteiger partial charge in [0.25, 0.3) is 0 Å². The molecule has 5 nitrogen and oxygen atoms in total. The third kappa shape index (κ3) is 3.38. The molecule has 3 rings (SSSR count). The van der Waals surface area contributed by atoms with Crippen molar-refractivity contribution in [1.29, 1.82) is 0 Å². The van der Waals surface area contributed by atoms with Crippen LogP contribution in [0.25, 0.3) is 6.08 Å². The lowest BCUT2D eigenvalue weighted by molar-refractivity contribution is -0.147. The first-order valence-electron chi connectivity index (χ1n) is 7.57. The lowest BCUT2D eigenvalue weighted by Crippen LogP contribution is -2.24. The molecule has 0 fully saturated rings. The molecule has 1 heterocycles. The number of carbonyl (C=O) groups is 2. The van der Waals surface area contributed by atoms with Gasteiger partial charge in [-0.05, 0) is 31.2 Å². The van der Waals surface area contributed by atoms with Gasteiger partial charge in [-0.25, -0.2) is 9.18 Å². The normalized spacial score (nSPS) is 15.5. The Balaban J connectivity index is 1.84. The highest BCUT2D eigenvalue weighted by molar-refractivity contribution is 6.14. The number of hydrogen-bond acceptors (Lipinski definition) is 5. The number of rotatable bonds is 4. The molecule has 0 spiro atoms. The Kier molecular flexibility index (Phi) is 4.52. The Morgan fingerprint density at radius 1 is 1.24 bits per heavy atom. The average molecular weight is 342 g/mol. The van der Waals surface area contributed by atoms with E-state index in [1.165, 1.54) is 25.3 Å². The van der Waals surface area contributed by atoms with Gasteiger partial charge in [0.15, 0.2) is 11.9 Å². The number of allylic oxidation sites excluding steroid dienone is 1. The number of methoxy groups -OCH3 is 1. The van der Waals surface area contributed by atoms with Crippen molar-refractivity contribution in [3.05, 3.63) is 65.2 Å². The van der Waals surface area contributed by atoms with E-state index in [4.69, 9.17) is 9.47 Å². The van der Waals surface area contributed by atoms with Crippen molar-refractivity contribution in [3.63, 3.8) is 0 Å². The van der Waals surface area contributed by atoms with E-state index in [-0.39, 0.29) is 17.1 Å². The van der Waals surface area contributed by atoms with Gasteiger partial charge < -0.3 is 14.2 Å². The van der Waals surface area contributed by atoms with Gasteiger partial charge in [-0.15, -0.1) is 0 Å². The number of ether oxygens (including phenoxy) is 3. The molecule has 0 N–H and O–H groups in total. The summed E-state index contributed by atoms with van der Waals surface area (Å²) in [6.45, 7) is 1.55. The van der Waals surface area contributed by atoms with Gasteiger partial charge in [0.1, 0.15) is 17.3 Å². The number of fused-ring (bicyclic) bond motifs is 1. The molecule has 1 aliphatic rings. The standard InChI is InChI=1S/C19H15FO5/c1-11(19(22)23-2)24-13-7-8-14-16(10-13)25-17(18(14)21)9-12-5-3-4-6-15(12)20/h3-11H,1-2H3/t11-/m0/s1. The Labute approximate surface area is 143 Å². The summed E-state index contributed by atoms with van der Waals surface area (Å²) in [4.78, 5) is 23.8. The highest BCUT2D eigenvalue weighted by Crippen LogP contribution is 2.35. The topological polar surface area (TPSA) is 61.8 Å². The van der Waals surface area contributed by atoms with Crippen molar-refractivity contribution in [2.24, 2.45) is 0 Å². The van der Waals surface area contributed by atoms with Crippen LogP contribution in [0.5, 0.6) is 11.5 Å². The van der Waals surface area contributed by atoms with Crippen LogP contribution in [0.1, 0.15) is 22.8 Å². The summed E-state index contributed by atoms with van der Waals surface area (Å²) in [7, 11) is 1.27. The highest BCUT2D eigenvalue weighted by atomic mass is 19.1. The Morgan fingerprint density at radius 2 is 2.00 bits per heavy atom. The number of halogens is 1. The number of Topliss-reactive ketones (excluding diaryl/α,β-unsaturated/α-hetero) is 1. The molecule has 0 radical (unpaired) electrons. The van der Waals surface area contributed by atoms with E-state index in [1.54, 1.807) is 37.3 Å². The Hall–Kier alpha value is -3.15. The van der Waals surface area contributed by atoms with E-state index < -0.39 is 17.9 Å². The number of carbonyl (C=O) groups excluding carboxylic acids is 2. The minimum absolute atomic E-state index is 0.0262. The van der Waals surface area contributed by atoms with Gasteiger partial charge in [-0.2, -0.15) is 0 Å². The third-order valence-electron chi connectivity index (χ3n) is 3.68. The maximum absolute atomic E-state index is 13.7. The average Bonchev–Trinajstić information content (AvgIpc) is 2.91. The monoisotopic (exact) mass is 342 g/mol. The van der Waals surface area contributed by atoms with Crippen LogP contribution in [0.3, 0.4) is 0 Å². The minimum atomic E-state index is -0.798. The van der Waals surface area contributed by atoms with E-state index in [9.17, 15) is 14.0 Å². The van der Waals surface area contributed by atoms with E-state index in [0.29, 0.717) is 17.1 Å². The second-order valence-corrected chi connectivity index (χ2v) is 5.40. The van der Waals surface area contributed by atoms with Gasteiger partial charge in [-0.3, -0.25) is 4.79 Å². The fourth-order valence-electron chi connectivity index (χ4n) is 2.39. The Morgan fingerprint density at radius 3 is 2.72 bits per heavy atom. The van der Waals surface area contributed by atoms with Crippen LogP contribution in [-0.4, -0.2) is 25.0 Å². The van der Waals surface area contributed by atoms with Crippen LogP contribution >= 0.6 is 0 Å². The molecule has 0 saturated carbocycles.